The maximum atomic E-state index is 12.8. The number of nitrogens with zero attached hydrogens (tertiary/aromatic N) is 2. The number of likely N-dealkylation sites (tertiary alicyclic amines) is 1. The molecule has 1 aliphatic heterocycles. The zero-order valence-corrected chi connectivity index (χ0v) is 16.4. The van der Waals surface area contributed by atoms with Gasteiger partial charge < -0.3 is 15.0 Å². The molecule has 2 aromatic carbocycles. The van der Waals surface area contributed by atoms with Crippen LogP contribution < -0.4 is 10.1 Å². The number of rotatable bonds is 5. The first-order valence-electron chi connectivity index (χ1n) is 9.76. The molecule has 1 N–H and O–H groups in total. The maximum Gasteiger partial charge on any atom is 0.433 e. The van der Waals surface area contributed by atoms with E-state index < -0.39 is 18.0 Å². The van der Waals surface area contributed by atoms with Crippen LogP contribution in [0.2, 0.25) is 0 Å². The monoisotopic (exact) mass is 427 g/mol. The van der Waals surface area contributed by atoms with E-state index in [1.807, 2.05) is 60.7 Å². The topological polar surface area (TPSA) is 54.5 Å². The summed E-state index contributed by atoms with van der Waals surface area (Å²) in [7, 11) is 0. The number of carbonyl (C=O) groups excluding carboxylic acids is 1. The standard InChI is InChI=1S/C23H20F3N3O2/c24-23(25,26)19-12-7-13-20(27-19)31-18-14-29(15-18)22(30)28-21(16-8-3-1-4-9-16)17-10-5-2-6-11-17/h1-13,18,21H,14-15H2,(H,28,30). The lowest BCUT2D eigenvalue weighted by atomic mass is 9.99. The normalized spacial score (nSPS) is 14.3. The van der Waals surface area contributed by atoms with Crippen molar-refractivity contribution in [2.24, 2.45) is 0 Å². The number of ether oxygens (including phenoxy) is 1. The van der Waals surface area contributed by atoms with E-state index in [1.54, 1.807) is 4.90 Å². The fourth-order valence-electron chi connectivity index (χ4n) is 3.35. The zero-order valence-electron chi connectivity index (χ0n) is 16.4. The highest BCUT2D eigenvalue weighted by atomic mass is 19.4. The number of halogens is 3. The summed E-state index contributed by atoms with van der Waals surface area (Å²) in [5.74, 6) is -0.105. The van der Waals surface area contributed by atoms with Crippen molar-refractivity contribution < 1.29 is 22.7 Å². The van der Waals surface area contributed by atoms with Crippen LogP contribution in [0, 0.1) is 0 Å². The average molecular weight is 427 g/mol. The summed E-state index contributed by atoms with van der Waals surface area (Å²) >= 11 is 0. The van der Waals surface area contributed by atoms with E-state index in [1.165, 1.54) is 12.1 Å². The van der Waals surface area contributed by atoms with Crippen molar-refractivity contribution in [1.82, 2.24) is 15.2 Å². The fourth-order valence-corrected chi connectivity index (χ4v) is 3.35. The Kier molecular flexibility index (Phi) is 5.79. The number of urea groups is 1. The number of carbonyl (C=O) groups is 1. The van der Waals surface area contributed by atoms with Gasteiger partial charge in [-0.1, -0.05) is 66.7 Å². The second-order valence-corrected chi connectivity index (χ2v) is 7.21. The number of amides is 2. The molecule has 8 heteroatoms. The maximum absolute atomic E-state index is 12.8. The molecule has 1 aliphatic rings. The van der Waals surface area contributed by atoms with Crippen LogP contribution >= 0.6 is 0 Å². The molecule has 2 heterocycles. The third kappa shape index (κ3) is 4.96. The molecule has 160 valence electrons. The van der Waals surface area contributed by atoms with Crippen LogP contribution in [0.15, 0.2) is 78.9 Å². The summed E-state index contributed by atoms with van der Waals surface area (Å²) in [4.78, 5) is 17.8. The molecule has 0 unspecified atom stereocenters. The highest BCUT2D eigenvalue weighted by Crippen LogP contribution is 2.29. The Balaban J connectivity index is 1.38. The largest absolute Gasteiger partial charge is 0.471 e. The summed E-state index contributed by atoms with van der Waals surface area (Å²) in [5, 5.41) is 3.03. The predicted molar refractivity (Wildman–Crippen MR) is 108 cm³/mol. The minimum absolute atomic E-state index is 0.105. The molecular formula is C23H20F3N3O2. The Labute approximate surface area is 177 Å². The van der Waals surface area contributed by atoms with Gasteiger partial charge in [-0.2, -0.15) is 13.2 Å². The summed E-state index contributed by atoms with van der Waals surface area (Å²) in [6.07, 6.45) is -4.94. The lowest BCUT2D eigenvalue weighted by Gasteiger charge is -2.39. The van der Waals surface area contributed by atoms with Crippen molar-refractivity contribution in [3.8, 4) is 5.88 Å². The summed E-state index contributed by atoms with van der Waals surface area (Å²) in [6.45, 7) is 0.528. The molecule has 1 fully saturated rings. The molecule has 4 rings (SSSR count). The van der Waals surface area contributed by atoms with Crippen LogP contribution in [0.5, 0.6) is 5.88 Å². The molecule has 0 saturated carbocycles. The van der Waals surface area contributed by atoms with Crippen LogP contribution in [-0.2, 0) is 6.18 Å². The van der Waals surface area contributed by atoms with Crippen LogP contribution in [0.25, 0.3) is 0 Å². The van der Waals surface area contributed by atoms with Gasteiger partial charge in [-0.25, -0.2) is 9.78 Å². The average Bonchev–Trinajstić information content (AvgIpc) is 2.75. The third-order valence-electron chi connectivity index (χ3n) is 4.97. The number of hydrogen-bond acceptors (Lipinski definition) is 3. The minimum Gasteiger partial charge on any atom is -0.471 e. The number of alkyl halides is 3. The van der Waals surface area contributed by atoms with E-state index in [4.69, 9.17) is 4.74 Å². The Bertz CT molecular complexity index is 983. The first kappa shape index (κ1) is 20.7. The first-order valence-corrected chi connectivity index (χ1v) is 9.76. The molecular weight excluding hydrogens is 407 g/mol. The molecule has 1 saturated heterocycles. The molecule has 2 amide bonds. The highest BCUT2D eigenvalue weighted by Gasteiger charge is 2.35. The Morgan fingerprint density at radius 2 is 1.52 bits per heavy atom. The molecule has 3 aromatic rings. The second-order valence-electron chi connectivity index (χ2n) is 7.21. The van der Waals surface area contributed by atoms with E-state index in [9.17, 15) is 18.0 Å². The van der Waals surface area contributed by atoms with E-state index in [0.29, 0.717) is 0 Å². The van der Waals surface area contributed by atoms with Crippen molar-refractivity contribution in [2.75, 3.05) is 13.1 Å². The molecule has 0 atom stereocenters. The molecule has 0 aliphatic carbocycles. The molecule has 0 radical (unpaired) electrons. The Morgan fingerprint density at radius 1 is 0.935 bits per heavy atom. The van der Waals surface area contributed by atoms with Crippen molar-refractivity contribution in [1.29, 1.82) is 0 Å². The first-order chi connectivity index (χ1) is 14.9. The van der Waals surface area contributed by atoms with Gasteiger partial charge in [-0.05, 0) is 17.2 Å². The van der Waals surface area contributed by atoms with Crippen LogP contribution in [-0.4, -0.2) is 35.1 Å². The highest BCUT2D eigenvalue weighted by molar-refractivity contribution is 5.76. The summed E-state index contributed by atoms with van der Waals surface area (Å²) in [5.41, 5.74) is 0.888. The third-order valence-corrected chi connectivity index (χ3v) is 4.97. The van der Waals surface area contributed by atoms with Gasteiger partial charge in [0.05, 0.1) is 19.1 Å². The van der Waals surface area contributed by atoms with Crippen molar-refractivity contribution >= 4 is 6.03 Å². The molecule has 5 nitrogen and oxygen atoms in total. The number of nitrogens with one attached hydrogen (secondary N) is 1. The number of benzene rings is 2. The Morgan fingerprint density at radius 3 is 2.06 bits per heavy atom. The summed E-state index contributed by atoms with van der Waals surface area (Å²) < 4.78 is 43.9. The molecule has 31 heavy (non-hydrogen) atoms. The van der Waals surface area contributed by atoms with Gasteiger partial charge in [0.25, 0.3) is 0 Å². The molecule has 0 bridgehead atoms. The number of aromatic nitrogens is 1. The van der Waals surface area contributed by atoms with Crippen LogP contribution in [0.3, 0.4) is 0 Å². The zero-order chi connectivity index (χ0) is 21.8. The van der Waals surface area contributed by atoms with Crippen molar-refractivity contribution in [3.63, 3.8) is 0 Å². The number of pyridine rings is 1. The molecule has 0 spiro atoms. The predicted octanol–water partition coefficient (Wildman–Crippen LogP) is 4.66. The fraction of sp³-hybridized carbons (Fsp3) is 0.217. The lowest BCUT2D eigenvalue weighted by Crippen LogP contribution is -2.59. The van der Waals surface area contributed by atoms with Crippen molar-refractivity contribution in [3.05, 3.63) is 95.7 Å². The Hall–Kier alpha value is -3.55. The van der Waals surface area contributed by atoms with E-state index in [-0.39, 0.29) is 31.0 Å². The van der Waals surface area contributed by atoms with E-state index in [2.05, 4.69) is 10.3 Å². The van der Waals surface area contributed by atoms with Gasteiger partial charge in [-0.15, -0.1) is 0 Å². The van der Waals surface area contributed by atoms with Gasteiger partial charge in [0.15, 0.2) is 0 Å². The van der Waals surface area contributed by atoms with Crippen molar-refractivity contribution in [2.45, 2.75) is 18.3 Å². The smallest absolute Gasteiger partial charge is 0.433 e. The molecule has 1 aromatic heterocycles. The van der Waals surface area contributed by atoms with E-state index in [0.717, 1.165) is 17.2 Å². The SMILES string of the molecule is O=C(NC(c1ccccc1)c1ccccc1)N1CC(Oc2cccc(C(F)(F)F)n2)C1. The van der Waals surface area contributed by atoms with Crippen LogP contribution in [0.1, 0.15) is 22.9 Å². The quantitative estimate of drug-likeness (QED) is 0.644. The van der Waals surface area contributed by atoms with E-state index >= 15 is 0 Å². The minimum atomic E-state index is -4.53. The van der Waals surface area contributed by atoms with Gasteiger partial charge in [-0.3, -0.25) is 0 Å². The van der Waals surface area contributed by atoms with Gasteiger partial charge in [0.1, 0.15) is 11.8 Å². The van der Waals surface area contributed by atoms with Gasteiger partial charge in [0, 0.05) is 6.07 Å². The summed E-state index contributed by atoms with van der Waals surface area (Å²) in [6, 6.07) is 22.2. The second kappa shape index (κ2) is 8.67. The van der Waals surface area contributed by atoms with Gasteiger partial charge in [0.2, 0.25) is 5.88 Å². The van der Waals surface area contributed by atoms with Crippen LogP contribution in [0.4, 0.5) is 18.0 Å². The lowest BCUT2D eigenvalue weighted by molar-refractivity contribution is -0.141. The van der Waals surface area contributed by atoms with Gasteiger partial charge >= 0.3 is 12.2 Å². The number of hydrogen-bond donors (Lipinski definition) is 1.